The summed E-state index contributed by atoms with van der Waals surface area (Å²) in [5.74, 6) is 0. The summed E-state index contributed by atoms with van der Waals surface area (Å²) >= 11 is 0. The second kappa shape index (κ2) is 13.5. The molecule has 4 heterocycles. The highest BCUT2D eigenvalue weighted by atomic mass is 16.3. The van der Waals surface area contributed by atoms with Crippen molar-refractivity contribution in [1.29, 1.82) is 0 Å². The van der Waals surface area contributed by atoms with Gasteiger partial charge in [0.2, 0.25) is 0 Å². The van der Waals surface area contributed by atoms with Gasteiger partial charge in [0.25, 0.3) is 0 Å². The van der Waals surface area contributed by atoms with Gasteiger partial charge in [-0.05, 0) is 94.0 Å². The number of hydrogen-bond donors (Lipinski definition) is 0. The van der Waals surface area contributed by atoms with E-state index in [4.69, 9.17) is 17.7 Å². The number of fused-ring (bicyclic) bond motifs is 22. The van der Waals surface area contributed by atoms with E-state index in [1.807, 2.05) is 12.1 Å². The van der Waals surface area contributed by atoms with Gasteiger partial charge in [-0.3, -0.25) is 0 Å². The van der Waals surface area contributed by atoms with E-state index in [9.17, 15) is 0 Å². The molecule has 2 aliphatic rings. The van der Waals surface area contributed by atoms with Crippen molar-refractivity contribution < 1.29 is 17.7 Å². The molecule has 0 bridgehead atoms. The lowest BCUT2D eigenvalue weighted by Gasteiger charge is -2.31. The van der Waals surface area contributed by atoms with E-state index in [1.54, 1.807) is 0 Å². The van der Waals surface area contributed by atoms with Crippen LogP contribution in [0.25, 0.3) is 121 Å². The molecule has 10 aromatic carbocycles. The molecule has 5 heteroatoms. The van der Waals surface area contributed by atoms with Crippen LogP contribution in [0.4, 0.5) is 17.1 Å². The molecule has 0 saturated heterocycles. The molecule has 0 N–H and O–H groups in total. The van der Waals surface area contributed by atoms with Crippen molar-refractivity contribution in [2.75, 3.05) is 4.90 Å². The van der Waals surface area contributed by atoms with Crippen molar-refractivity contribution in [3.05, 3.63) is 210 Å². The van der Waals surface area contributed by atoms with Gasteiger partial charge < -0.3 is 22.6 Å². The average Bonchev–Trinajstić information content (AvgIpc) is 4.25. The molecular formula is C66H43NO4. The van der Waals surface area contributed by atoms with Crippen molar-refractivity contribution in [1.82, 2.24) is 0 Å². The first-order valence-corrected chi connectivity index (χ1v) is 24.6. The number of furan rings is 4. The third-order valence-electron chi connectivity index (χ3n) is 16.3. The molecule has 0 unspecified atom stereocenters. The molecule has 14 aromatic rings. The Kier molecular flexibility index (Phi) is 7.43. The summed E-state index contributed by atoms with van der Waals surface area (Å²) in [6.45, 7) is 9.45. The number of anilines is 3. The molecule has 0 saturated carbocycles. The van der Waals surface area contributed by atoms with Gasteiger partial charge in [0.15, 0.2) is 0 Å². The molecule has 0 aliphatic heterocycles. The van der Waals surface area contributed by atoms with Gasteiger partial charge >= 0.3 is 0 Å². The highest BCUT2D eigenvalue weighted by Crippen LogP contribution is 2.62. The molecule has 5 nitrogen and oxygen atoms in total. The third kappa shape index (κ3) is 5.00. The topological polar surface area (TPSA) is 55.8 Å². The van der Waals surface area contributed by atoms with Crippen LogP contribution < -0.4 is 4.90 Å². The summed E-state index contributed by atoms with van der Waals surface area (Å²) in [5, 5.41) is 8.67. The summed E-state index contributed by atoms with van der Waals surface area (Å²) in [5.41, 5.74) is 21.0. The lowest BCUT2D eigenvalue weighted by molar-refractivity contribution is 0.651. The fraction of sp³-hybridized carbons (Fsp3) is 0.0909. The molecular weight excluding hydrogens is 871 g/mol. The Morgan fingerprint density at radius 1 is 0.310 bits per heavy atom. The number of nitrogens with zero attached hydrogens (tertiary/aromatic N) is 1. The zero-order valence-corrected chi connectivity index (χ0v) is 39.5. The molecule has 16 rings (SSSR count). The Morgan fingerprint density at radius 2 is 0.690 bits per heavy atom. The van der Waals surface area contributed by atoms with Crippen molar-refractivity contribution in [2.24, 2.45) is 0 Å². The monoisotopic (exact) mass is 913 g/mol. The number of hydrogen-bond acceptors (Lipinski definition) is 5. The minimum absolute atomic E-state index is 0.403. The predicted molar refractivity (Wildman–Crippen MR) is 291 cm³/mol. The van der Waals surface area contributed by atoms with Gasteiger partial charge in [-0.2, -0.15) is 0 Å². The van der Waals surface area contributed by atoms with Crippen molar-refractivity contribution in [2.45, 2.75) is 38.5 Å². The van der Waals surface area contributed by atoms with E-state index < -0.39 is 10.8 Å². The van der Waals surface area contributed by atoms with Gasteiger partial charge in [0.1, 0.15) is 44.7 Å². The van der Waals surface area contributed by atoms with E-state index in [2.05, 4.69) is 209 Å². The van der Waals surface area contributed by atoms with Gasteiger partial charge in [-0.25, -0.2) is 0 Å². The molecule has 4 aromatic heterocycles. The maximum atomic E-state index is 7.30. The van der Waals surface area contributed by atoms with Crippen LogP contribution in [0.1, 0.15) is 49.9 Å². The van der Waals surface area contributed by atoms with Gasteiger partial charge in [-0.1, -0.05) is 155 Å². The molecule has 2 aliphatic carbocycles. The third-order valence-corrected chi connectivity index (χ3v) is 16.3. The first-order valence-electron chi connectivity index (χ1n) is 24.6. The zero-order valence-electron chi connectivity index (χ0n) is 39.5. The van der Waals surface area contributed by atoms with Crippen LogP contribution in [-0.2, 0) is 10.8 Å². The Bertz CT molecular complexity index is 4380. The fourth-order valence-electron chi connectivity index (χ4n) is 12.9. The van der Waals surface area contributed by atoms with Crippen LogP contribution in [0, 0.1) is 0 Å². The maximum absolute atomic E-state index is 7.30. The van der Waals surface area contributed by atoms with Crippen LogP contribution in [-0.4, -0.2) is 0 Å². The van der Waals surface area contributed by atoms with Crippen LogP contribution in [0.5, 0.6) is 0 Å². The zero-order chi connectivity index (χ0) is 47.1. The molecule has 0 amide bonds. The van der Waals surface area contributed by atoms with Crippen LogP contribution in [0.2, 0.25) is 0 Å². The Balaban J connectivity index is 1.06. The molecule has 0 radical (unpaired) electrons. The van der Waals surface area contributed by atoms with Crippen LogP contribution >= 0.6 is 0 Å². The minimum Gasteiger partial charge on any atom is -0.456 e. The first-order chi connectivity index (χ1) is 34.7. The van der Waals surface area contributed by atoms with E-state index in [1.165, 1.54) is 38.9 Å². The quantitative estimate of drug-likeness (QED) is 0.176. The van der Waals surface area contributed by atoms with Crippen molar-refractivity contribution in [3.8, 4) is 33.4 Å². The highest BCUT2D eigenvalue weighted by Gasteiger charge is 2.44. The van der Waals surface area contributed by atoms with Crippen molar-refractivity contribution in [3.63, 3.8) is 0 Å². The Morgan fingerprint density at radius 3 is 1.14 bits per heavy atom. The second-order valence-electron chi connectivity index (χ2n) is 20.7. The number of para-hydroxylation sites is 4. The molecule has 336 valence electrons. The van der Waals surface area contributed by atoms with E-state index >= 15 is 0 Å². The SMILES string of the molecule is CC1(C)c2cc(N(c3ccc(-c4ccccc4)cc3)c3cc4c(c5oc6ccccc6c35)-c3c(ccc5oc6ccccc6c35)C4(C)C)c3c(oc4ccccc43)c2-c2c1ccc1oc3ccccc3c21. The summed E-state index contributed by atoms with van der Waals surface area (Å²) in [6.07, 6.45) is 0. The molecule has 71 heavy (non-hydrogen) atoms. The van der Waals surface area contributed by atoms with Gasteiger partial charge in [0.05, 0.1) is 22.1 Å². The largest absolute Gasteiger partial charge is 0.456 e. The summed E-state index contributed by atoms with van der Waals surface area (Å²) in [4.78, 5) is 2.51. The summed E-state index contributed by atoms with van der Waals surface area (Å²) in [6, 6.07) is 67.4. The standard InChI is InChI=1S/C66H43NO4/c1-65(2)43-30-32-53-57(41-20-10-12-22-49(41)68-53)59(43)61-45(65)34-47(55-39-18-8-14-24-51(39)70-63(55)61)67(38-28-26-37(27-29-38)36-16-6-5-7-17-36)48-35-46-62(64-56(48)40-19-9-15-25-52(40)71-64)60-44(66(46,3)4)31-33-54-58(60)42-21-11-13-23-50(42)69-54/h5-35H,1-4H3. The van der Waals surface area contributed by atoms with E-state index in [0.29, 0.717) is 0 Å². The number of rotatable bonds is 4. The Labute approximate surface area is 407 Å². The molecule has 0 spiro atoms. The lowest BCUT2D eigenvalue weighted by Crippen LogP contribution is -2.18. The van der Waals surface area contributed by atoms with Gasteiger partial charge in [-0.15, -0.1) is 0 Å². The molecule has 0 atom stereocenters. The smallest absolute Gasteiger partial charge is 0.145 e. The first kappa shape index (κ1) is 39.1. The fourth-order valence-corrected chi connectivity index (χ4v) is 12.9. The summed E-state index contributed by atoms with van der Waals surface area (Å²) < 4.78 is 27.8. The van der Waals surface area contributed by atoms with E-state index in [-0.39, 0.29) is 0 Å². The van der Waals surface area contributed by atoms with E-state index in [0.717, 1.165) is 122 Å². The second-order valence-corrected chi connectivity index (χ2v) is 20.7. The summed E-state index contributed by atoms with van der Waals surface area (Å²) in [7, 11) is 0. The number of benzene rings is 10. The lowest BCUT2D eigenvalue weighted by atomic mass is 9.81. The Hall–Kier alpha value is -8.80. The molecule has 0 fully saturated rings. The predicted octanol–water partition coefficient (Wildman–Crippen LogP) is 19.0. The normalized spacial score (nSPS) is 14.4. The highest BCUT2D eigenvalue weighted by molar-refractivity contribution is 6.27. The maximum Gasteiger partial charge on any atom is 0.145 e. The van der Waals surface area contributed by atoms with Gasteiger partial charge in [0, 0.05) is 71.1 Å². The average molecular weight is 914 g/mol. The minimum atomic E-state index is -0.403. The van der Waals surface area contributed by atoms with Crippen LogP contribution in [0.3, 0.4) is 0 Å². The van der Waals surface area contributed by atoms with Crippen molar-refractivity contribution >= 4 is 105 Å². The van der Waals surface area contributed by atoms with Crippen LogP contribution in [0.15, 0.2) is 206 Å².